The molecular weight excluding hydrogens is 466 g/mol. The Morgan fingerprint density at radius 2 is 1.97 bits per heavy atom. The number of amides is 1. The second-order valence-electron chi connectivity index (χ2n) is 6.85. The molecule has 33 heavy (non-hydrogen) atoms. The van der Waals surface area contributed by atoms with E-state index in [9.17, 15) is 9.59 Å². The SMILES string of the molecule is O=C(OCC(=O)N(Cc1cccs1)c1ccc2c(c1)OCCO2)c1sccc1-n1cnnn1. The smallest absolute Gasteiger partial charge is 0.351 e. The fraction of sp³-hybridized carbons (Fsp3) is 0.190. The molecule has 0 radical (unpaired) electrons. The zero-order valence-electron chi connectivity index (χ0n) is 17.1. The van der Waals surface area contributed by atoms with E-state index in [0.717, 1.165) is 4.88 Å². The minimum absolute atomic E-state index is 0.305. The number of anilines is 1. The third kappa shape index (κ3) is 4.56. The van der Waals surface area contributed by atoms with E-state index >= 15 is 0 Å². The summed E-state index contributed by atoms with van der Waals surface area (Å²) in [5, 5.41) is 14.6. The number of aromatic nitrogens is 4. The summed E-state index contributed by atoms with van der Waals surface area (Å²) in [6, 6.07) is 10.9. The summed E-state index contributed by atoms with van der Waals surface area (Å²) in [6.45, 7) is 0.834. The van der Waals surface area contributed by atoms with Crippen LogP contribution in [0.2, 0.25) is 0 Å². The number of fused-ring (bicyclic) bond motifs is 1. The molecule has 10 nitrogen and oxygen atoms in total. The van der Waals surface area contributed by atoms with Crippen molar-refractivity contribution >= 4 is 40.2 Å². The number of hydrogen-bond donors (Lipinski definition) is 0. The average Bonchev–Trinajstić information content (AvgIpc) is 3.62. The summed E-state index contributed by atoms with van der Waals surface area (Å²) >= 11 is 2.72. The first-order chi connectivity index (χ1) is 16.2. The van der Waals surface area contributed by atoms with Crippen molar-refractivity contribution in [3.63, 3.8) is 0 Å². The van der Waals surface area contributed by atoms with Crippen molar-refractivity contribution in [2.24, 2.45) is 0 Å². The number of ether oxygens (including phenoxy) is 3. The normalized spacial score (nSPS) is 12.4. The highest BCUT2D eigenvalue weighted by Crippen LogP contribution is 2.35. The number of benzene rings is 1. The van der Waals surface area contributed by atoms with Crippen LogP contribution < -0.4 is 14.4 Å². The number of hydrogen-bond acceptors (Lipinski definition) is 10. The number of carbonyl (C=O) groups excluding carboxylic acids is 2. The molecule has 4 aromatic rings. The molecule has 12 heteroatoms. The summed E-state index contributed by atoms with van der Waals surface area (Å²) < 4.78 is 18.0. The van der Waals surface area contributed by atoms with E-state index in [1.54, 1.807) is 34.5 Å². The Balaban J connectivity index is 1.33. The van der Waals surface area contributed by atoms with Crippen LogP contribution in [0, 0.1) is 0 Å². The summed E-state index contributed by atoms with van der Waals surface area (Å²) in [4.78, 5) is 28.7. The lowest BCUT2D eigenvalue weighted by Gasteiger charge is -2.25. The predicted octanol–water partition coefficient (Wildman–Crippen LogP) is 2.95. The number of thiophene rings is 2. The van der Waals surface area contributed by atoms with Gasteiger partial charge in [0.15, 0.2) is 18.1 Å². The van der Waals surface area contributed by atoms with Crippen LogP contribution >= 0.6 is 22.7 Å². The topological polar surface area (TPSA) is 109 Å². The molecule has 0 saturated heterocycles. The molecule has 0 N–H and O–H groups in total. The lowest BCUT2D eigenvalue weighted by Crippen LogP contribution is -2.34. The van der Waals surface area contributed by atoms with Gasteiger partial charge in [-0.05, 0) is 45.5 Å². The molecule has 0 aliphatic carbocycles. The molecule has 0 unspecified atom stereocenters. The van der Waals surface area contributed by atoms with Crippen LogP contribution in [0.5, 0.6) is 11.5 Å². The first kappa shape index (κ1) is 21.1. The Labute approximate surface area is 195 Å². The molecule has 168 valence electrons. The second-order valence-corrected chi connectivity index (χ2v) is 8.80. The third-order valence-corrected chi connectivity index (χ3v) is 6.53. The maximum atomic E-state index is 13.2. The molecule has 4 heterocycles. The number of rotatable bonds is 7. The van der Waals surface area contributed by atoms with Gasteiger partial charge in [-0.1, -0.05) is 6.07 Å². The van der Waals surface area contributed by atoms with Gasteiger partial charge in [0, 0.05) is 16.6 Å². The Hall–Kier alpha value is -3.77. The monoisotopic (exact) mass is 483 g/mol. The van der Waals surface area contributed by atoms with Crippen molar-refractivity contribution in [2.45, 2.75) is 6.54 Å². The molecule has 1 aromatic carbocycles. The molecule has 0 saturated carbocycles. The molecule has 0 spiro atoms. The zero-order chi connectivity index (χ0) is 22.6. The Bertz CT molecular complexity index is 1260. The molecule has 0 fully saturated rings. The highest BCUT2D eigenvalue weighted by Gasteiger charge is 2.23. The fourth-order valence-corrected chi connectivity index (χ4v) is 4.72. The van der Waals surface area contributed by atoms with Gasteiger partial charge in [0.2, 0.25) is 0 Å². The van der Waals surface area contributed by atoms with Gasteiger partial charge in [-0.25, -0.2) is 4.79 Å². The van der Waals surface area contributed by atoms with E-state index in [-0.39, 0.29) is 5.91 Å². The third-order valence-electron chi connectivity index (χ3n) is 4.78. The van der Waals surface area contributed by atoms with Crippen LogP contribution in [-0.2, 0) is 16.1 Å². The van der Waals surface area contributed by atoms with Gasteiger partial charge in [-0.2, -0.15) is 4.68 Å². The van der Waals surface area contributed by atoms with Crippen molar-refractivity contribution in [3.05, 3.63) is 63.2 Å². The van der Waals surface area contributed by atoms with Gasteiger partial charge < -0.3 is 19.1 Å². The van der Waals surface area contributed by atoms with Gasteiger partial charge in [-0.3, -0.25) is 4.79 Å². The summed E-state index contributed by atoms with van der Waals surface area (Å²) in [7, 11) is 0. The van der Waals surface area contributed by atoms with E-state index in [2.05, 4.69) is 15.5 Å². The minimum Gasteiger partial charge on any atom is -0.486 e. The van der Waals surface area contributed by atoms with E-state index in [1.807, 2.05) is 17.5 Å². The van der Waals surface area contributed by atoms with E-state index in [0.29, 0.717) is 47.5 Å². The van der Waals surface area contributed by atoms with Crippen molar-refractivity contribution in [3.8, 4) is 17.2 Å². The zero-order valence-corrected chi connectivity index (χ0v) is 18.8. The maximum Gasteiger partial charge on any atom is 0.351 e. The van der Waals surface area contributed by atoms with Gasteiger partial charge in [0.1, 0.15) is 24.4 Å². The molecule has 1 aliphatic rings. The molecule has 1 aliphatic heterocycles. The van der Waals surface area contributed by atoms with Crippen LogP contribution in [0.3, 0.4) is 0 Å². The molecule has 0 atom stereocenters. The Morgan fingerprint density at radius 1 is 1.09 bits per heavy atom. The fourth-order valence-electron chi connectivity index (χ4n) is 3.26. The number of carbonyl (C=O) groups is 2. The van der Waals surface area contributed by atoms with E-state index in [1.165, 1.54) is 33.7 Å². The highest BCUT2D eigenvalue weighted by atomic mass is 32.1. The average molecular weight is 484 g/mol. The first-order valence-corrected chi connectivity index (χ1v) is 11.7. The van der Waals surface area contributed by atoms with Gasteiger partial charge in [0.05, 0.1) is 12.2 Å². The molecule has 0 bridgehead atoms. The van der Waals surface area contributed by atoms with Crippen LogP contribution in [-0.4, -0.2) is 51.9 Å². The quantitative estimate of drug-likeness (QED) is 0.369. The lowest BCUT2D eigenvalue weighted by atomic mass is 10.2. The minimum atomic E-state index is -0.623. The largest absolute Gasteiger partial charge is 0.486 e. The molecule has 1 amide bonds. The summed E-state index contributed by atoms with van der Waals surface area (Å²) in [5.41, 5.74) is 1.11. The lowest BCUT2D eigenvalue weighted by molar-refractivity contribution is -0.121. The Morgan fingerprint density at radius 3 is 2.76 bits per heavy atom. The van der Waals surface area contributed by atoms with Gasteiger partial charge in [0.25, 0.3) is 5.91 Å². The van der Waals surface area contributed by atoms with Crippen molar-refractivity contribution < 1.29 is 23.8 Å². The van der Waals surface area contributed by atoms with Gasteiger partial charge >= 0.3 is 5.97 Å². The highest BCUT2D eigenvalue weighted by molar-refractivity contribution is 7.12. The molecule has 3 aromatic heterocycles. The van der Waals surface area contributed by atoms with E-state index < -0.39 is 12.6 Å². The standard InChI is InChI=1S/C21H17N5O5S2/c27-19(12-31-21(28)20-16(5-9-33-20)26-13-22-23-24-26)25(11-15-2-1-8-32-15)14-3-4-17-18(10-14)30-7-6-29-17/h1-5,8-10,13H,6-7,11-12H2. The number of nitrogens with zero attached hydrogens (tertiary/aromatic N) is 5. The van der Waals surface area contributed by atoms with Gasteiger partial charge in [-0.15, -0.1) is 27.8 Å². The van der Waals surface area contributed by atoms with Crippen molar-refractivity contribution in [2.75, 3.05) is 24.7 Å². The predicted molar refractivity (Wildman–Crippen MR) is 120 cm³/mol. The van der Waals surface area contributed by atoms with Crippen LogP contribution in [0.1, 0.15) is 14.5 Å². The van der Waals surface area contributed by atoms with Crippen molar-refractivity contribution in [1.82, 2.24) is 20.2 Å². The Kier molecular flexibility index (Phi) is 6.00. The summed E-state index contributed by atoms with van der Waals surface area (Å²) in [6.07, 6.45) is 1.38. The van der Waals surface area contributed by atoms with E-state index in [4.69, 9.17) is 14.2 Å². The first-order valence-electron chi connectivity index (χ1n) is 9.89. The molecule has 5 rings (SSSR count). The summed E-state index contributed by atoms with van der Waals surface area (Å²) in [5.74, 6) is 0.216. The maximum absolute atomic E-state index is 13.2. The van der Waals surface area contributed by atoms with Crippen LogP contribution in [0.15, 0.2) is 53.5 Å². The van der Waals surface area contributed by atoms with Crippen molar-refractivity contribution in [1.29, 1.82) is 0 Å². The molecular formula is C21H17N5O5S2. The van der Waals surface area contributed by atoms with Crippen LogP contribution in [0.4, 0.5) is 5.69 Å². The van der Waals surface area contributed by atoms with Crippen LogP contribution in [0.25, 0.3) is 5.69 Å². The number of tetrazole rings is 1. The number of esters is 1. The second kappa shape index (κ2) is 9.38.